The topological polar surface area (TPSA) is 83.1 Å². The minimum Gasteiger partial charge on any atom is -0.486 e. The number of benzene rings is 2. The van der Waals surface area contributed by atoms with E-state index >= 15 is 0 Å². The van der Waals surface area contributed by atoms with Gasteiger partial charge < -0.3 is 24.6 Å². The molecule has 1 saturated heterocycles. The van der Waals surface area contributed by atoms with Crippen LogP contribution in [0.5, 0.6) is 11.5 Å². The van der Waals surface area contributed by atoms with E-state index in [9.17, 15) is 9.59 Å². The van der Waals surface area contributed by atoms with Gasteiger partial charge in [-0.25, -0.2) is 0 Å². The van der Waals surface area contributed by atoms with E-state index in [0.717, 1.165) is 24.5 Å². The molecule has 0 bridgehead atoms. The van der Waals surface area contributed by atoms with Gasteiger partial charge in [0, 0.05) is 38.7 Å². The molecule has 0 saturated carbocycles. The highest BCUT2D eigenvalue weighted by Gasteiger charge is 2.21. The van der Waals surface area contributed by atoms with Crippen molar-refractivity contribution in [2.75, 3.05) is 49.6 Å². The highest BCUT2D eigenvalue weighted by atomic mass is 32.1. The van der Waals surface area contributed by atoms with Crippen LogP contribution < -0.4 is 25.0 Å². The van der Waals surface area contributed by atoms with Crippen molar-refractivity contribution in [2.24, 2.45) is 0 Å². The standard InChI is InChI=1S/C22H24N4O4S/c1-15(27)25-8-10-26(11-9-25)18-5-3-2-4-17(18)23-22(31)24-21(28)16-6-7-19-20(14-16)30-13-12-29-19/h2-7,14H,8-13H2,1H3,(H2,23,24,28,31). The van der Waals surface area contributed by atoms with Crippen LogP contribution >= 0.6 is 12.2 Å². The zero-order valence-corrected chi connectivity index (χ0v) is 18.0. The molecule has 0 spiro atoms. The summed E-state index contributed by atoms with van der Waals surface area (Å²) in [7, 11) is 0. The predicted octanol–water partition coefficient (Wildman–Crippen LogP) is 2.25. The van der Waals surface area contributed by atoms with E-state index in [1.807, 2.05) is 29.2 Å². The lowest BCUT2D eigenvalue weighted by Gasteiger charge is -2.36. The second kappa shape index (κ2) is 9.22. The fourth-order valence-corrected chi connectivity index (χ4v) is 3.83. The molecule has 2 heterocycles. The van der Waals surface area contributed by atoms with E-state index in [2.05, 4.69) is 15.5 Å². The van der Waals surface area contributed by atoms with E-state index in [1.165, 1.54) is 0 Å². The average molecular weight is 441 g/mol. The molecular formula is C22H24N4O4S. The number of hydrogen-bond acceptors (Lipinski definition) is 6. The summed E-state index contributed by atoms with van der Waals surface area (Å²) in [5.41, 5.74) is 2.20. The molecule has 2 aliphatic heterocycles. The maximum Gasteiger partial charge on any atom is 0.257 e. The number of nitrogens with one attached hydrogen (secondary N) is 2. The molecule has 9 heteroatoms. The third-order valence-electron chi connectivity index (χ3n) is 5.25. The van der Waals surface area contributed by atoms with Gasteiger partial charge in [0.2, 0.25) is 5.91 Å². The summed E-state index contributed by atoms with van der Waals surface area (Å²) in [4.78, 5) is 28.3. The van der Waals surface area contributed by atoms with Crippen LogP contribution in [0.15, 0.2) is 42.5 Å². The molecule has 0 aliphatic carbocycles. The van der Waals surface area contributed by atoms with Gasteiger partial charge in [-0.2, -0.15) is 0 Å². The Morgan fingerprint density at radius 1 is 0.968 bits per heavy atom. The fourth-order valence-electron chi connectivity index (χ4n) is 3.63. The number of anilines is 2. The summed E-state index contributed by atoms with van der Waals surface area (Å²) in [6.07, 6.45) is 0. The van der Waals surface area contributed by atoms with Crippen LogP contribution in [0.1, 0.15) is 17.3 Å². The molecule has 2 aliphatic rings. The molecule has 2 amide bonds. The van der Waals surface area contributed by atoms with E-state index in [4.69, 9.17) is 21.7 Å². The van der Waals surface area contributed by atoms with E-state index < -0.39 is 0 Å². The number of para-hydroxylation sites is 2. The summed E-state index contributed by atoms with van der Waals surface area (Å²) in [5.74, 6) is 0.936. The van der Waals surface area contributed by atoms with Gasteiger partial charge in [-0.1, -0.05) is 12.1 Å². The number of piperazine rings is 1. The van der Waals surface area contributed by atoms with Gasteiger partial charge >= 0.3 is 0 Å². The first-order valence-electron chi connectivity index (χ1n) is 10.1. The summed E-state index contributed by atoms with van der Waals surface area (Å²) < 4.78 is 11.0. The maximum absolute atomic E-state index is 12.6. The zero-order chi connectivity index (χ0) is 21.8. The average Bonchev–Trinajstić information content (AvgIpc) is 2.79. The Morgan fingerprint density at radius 3 is 2.42 bits per heavy atom. The van der Waals surface area contributed by atoms with Crippen molar-refractivity contribution in [3.05, 3.63) is 48.0 Å². The van der Waals surface area contributed by atoms with Crippen molar-refractivity contribution < 1.29 is 19.1 Å². The number of thiocarbonyl (C=S) groups is 1. The van der Waals surface area contributed by atoms with Gasteiger partial charge in [0.05, 0.1) is 11.4 Å². The lowest BCUT2D eigenvalue weighted by atomic mass is 10.2. The van der Waals surface area contributed by atoms with Crippen molar-refractivity contribution in [3.63, 3.8) is 0 Å². The third kappa shape index (κ3) is 4.88. The Kier molecular flexibility index (Phi) is 6.22. The molecule has 0 atom stereocenters. The van der Waals surface area contributed by atoms with E-state index in [1.54, 1.807) is 25.1 Å². The summed E-state index contributed by atoms with van der Waals surface area (Å²) in [6.45, 7) is 5.35. The van der Waals surface area contributed by atoms with Crippen molar-refractivity contribution in [1.82, 2.24) is 10.2 Å². The van der Waals surface area contributed by atoms with Crippen LogP contribution in [0.25, 0.3) is 0 Å². The molecule has 1 fully saturated rings. The molecule has 0 aromatic heterocycles. The lowest BCUT2D eigenvalue weighted by Crippen LogP contribution is -2.48. The van der Waals surface area contributed by atoms with Crippen molar-refractivity contribution >= 4 is 40.5 Å². The Balaban J connectivity index is 1.40. The summed E-state index contributed by atoms with van der Waals surface area (Å²) >= 11 is 5.38. The monoisotopic (exact) mass is 440 g/mol. The molecule has 8 nitrogen and oxygen atoms in total. The zero-order valence-electron chi connectivity index (χ0n) is 17.2. The third-order valence-corrected chi connectivity index (χ3v) is 5.45. The van der Waals surface area contributed by atoms with Crippen molar-refractivity contribution in [2.45, 2.75) is 6.92 Å². The maximum atomic E-state index is 12.6. The molecule has 2 N–H and O–H groups in total. The molecule has 31 heavy (non-hydrogen) atoms. The second-order valence-corrected chi connectivity index (χ2v) is 7.69. The lowest BCUT2D eigenvalue weighted by molar-refractivity contribution is -0.129. The SMILES string of the molecule is CC(=O)N1CCN(c2ccccc2NC(=S)NC(=O)c2ccc3c(c2)OCCO3)CC1. The molecule has 0 radical (unpaired) electrons. The molecule has 2 aromatic carbocycles. The first-order chi connectivity index (χ1) is 15.0. The van der Waals surface area contributed by atoms with Gasteiger partial charge in [0.1, 0.15) is 13.2 Å². The van der Waals surface area contributed by atoms with E-state index in [0.29, 0.717) is 43.4 Å². The minimum absolute atomic E-state index is 0.0918. The molecular weight excluding hydrogens is 416 g/mol. The van der Waals surface area contributed by atoms with Crippen LogP contribution in [0, 0.1) is 0 Å². The summed E-state index contributed by atoms with van der Waals surface area (Å²) in [6, 6.07) is 12.8. The second-order valence-electron chi connectivity index (χ2n) is 7.28. The number of nitrogens with zero attached hydrogens (tertiary/aromatic N) is 2. The van der Waals surface area contributed by atoms with Crippen LogP contribution in [0.2, 0.25) is 0 Å². The predicted molar refractivity (Wildman–Crippen MR) is 122 cm³/mol. The van der Waals surface area contributed by atoms with Gasteiger partial charge in [0.15, 0.2) is 16.6 Å². The molecule has 0 unspecified atom stereocenters. The number of carbonyl (C=O) groups is 2. The largest absolute Gasteiger partial charge is 0.486 e. The van der Waals surface area contributed by atoms with Gasteiger partial charge in [-0.15, -0.1) is 0 Å². The summed E-state index contributed by atoms with van der Waals surface area (Å²) in [5, 5.41) is 6.05. The van der Waals surface area contributed by atoms with Gasteiger partial charge in [-0.05, 0) is 42.5 Å². The van der Waals surface area contributed by atoms with Crippen molar-refractivity contribution in [1.29, 1.82) is 0 Å². The minimum atomic E-state index is -0.331. The number of hydrogen-bond donors (Lipinski definition) is 2. The quantitative estimate of drug-likeness (QED) is 0.709. The Labute approximate surface area is 186 Å². The van der Waals surface area contributed by atoms with Crippen LogP contribution in [-0.2, 0) is 4.79 Å². The van der Waals surface area contributed by atoms with Crippen LogP contribution in [0.4, 0.5) is 11.4 Å². The highest BCUT2D eigenvalue weighted by Crippen LogP contribution is 2.31. The number of rotatable bonds is 3. The highest BCUT2D eigenvalue weighted by molar-refractivity contribution is 7.80. The Morgan fingerprint density at radius 2 is 1.68 bits per heavy atom. The molecule has 2 aromatic rings. The Hall–Kier alpha value is -3.33. The van der Waals surface area contributed by atoms with Crippen LogP contribution in [-0.4, -0.2) is 61.2 Å². The number of carbonyl (C=O) groups excluding carboxylic acids is 2. The smallest absolute Gasteiger partial charge is 0.257 e. The number of amides is 2. The Bertz CT molecular complexity index is 1000. The van der Waals surface area contributed by atoms with Crippen molar-refractivity contribution in [3.8, 4) is 11.5 Å². The fraction of sp³-hybridized carbons (Fsp3) is 0.318. The van der Waals surface area contributed by atoms with Gasteiger partial charge in [0.25, 0.3) is 5.91 Å². The molecule has 4 rings (SSSR count). The van der Waals surface area contributed by atoms with Gasteiger partial charge in [-0.3, -0.25) is 14.9 Å². The normalized spacial score (nSPS) is 15.3. The molecule has 162 valence electrons. The first kappa shape index (κ1) is 20.9. The number of fused-ring (bicyclic) bond motifs is 1. The van der Waals surface area contributed by atoms with Crippen LogP contribution in [0.3, 0.4) is 0 Å². The van der Waals surface area contributed by atoms with E-state index in [-0.39, 0.29) is 16.9 Å². The first-order valence-corrected chi connectivity index (χ1v) is 10.5. The number of ether oxygens (including phenoxy) is 2.